The Morgan fingerprint density at radius 2 is 1.65 bits per heavy atom. The van der Waals surface area contributed by atoms with Crippen molar-refractivity contribution in [2.75, 3.05) is 0 Å². The summed E-state index contributed by atoms with van der Waals surface area (Å²) in [5, 5.41) is 5.84. The van der Waals surface area contributed by atoms with E-state index in [2.05, 4.69) is 14.9 Å². The van der Waals surface area contributed by atoms with E-state index in [-0.39, 0.29) is 29.9 Å². The predicted octanol–water partition coefficient (Wildman–Crippen LogP) is 4.75. The molecule has 2 aliphatic rings. The van der Waals surface area contributed by atoms with Crippen LogP contribution in [0.1, 0.15) is 40.1 Å². The molecule has 0 radical (unpaired) electrons. The van der Waals surface area contributed by atoms with Gasteiger partial charge in [-0.25, -0.2) is 0 Å². The fraction of sp³-hybridized carbons (Fsp3) is 0.148. The van der Waals surface area contributed by atoms with Crippen LogP contribution in [0.3, 0.4) is 0 Å². The molecule has 7 nitrogen and oxygen atoms in total. The molecule has 166 valence electrons. The maximum Gasteiger partial charge on any atom is 0.303 e. The summed E-state index contributed by atoms with van der Waals surface area (Å²) in [6, 6.07) is 15.7. The molecular formula is C27H19N3O4. The van der Waals surface area contributed by atoms with Crippen LogP contribution in [0, 0.1) is 0 Å². The Hall–Kier alpha value is -4.39. The molecule has 0 spiro atoms. The van der Waals surface area contributed by atoms with Crippen LogP contribution in [0.15, 0.2) is 60.7 Å². The molecule has 1 aliphatic carbocycles. The van der Waals surface area contributed by atoms with E-state index in [4.69, 9.17) is 4.74 Å². The zero-order valence-corrected chi connectivity index (χ0v) is 18.2. The number of aromatic nitrogens is 2. The number of rotatable bonds is 2. The van der Waals surface area contributed by atoms with Gasteiger partial charge < -0.3 is 14.3 Å². The van der Waals surface area contributed by atoms with Crippen molar-refractivity contribution in [3.8, 4) is 0 Å². The summed E-state index contributed by atoms with van der Waals surface area (Å²) in [7, 11) is 0. The Morgan fingerprint density at radius 3 is 2.44 bits per heavy atom. The van der Waals surface area contributed by atoms with Crippen molar-refractivity contribution in [3.05, 3.63) is 71.8 Å². The number of amides is 2. The van der Waals surface area contributed by atoms with Gasteiger partial charge in [-0.1, -0.05) is 42.5 Å². The molecule has 7 rings (SSSR count). The standard InChI is InChI=1S/C27H19N3O4/c1-13(31)34-15-11-10-14(12-15)30-19-9-5-3-7-17(19)21-23-22(26(32)29-27(23)33)20-16-6-2-4-8-18(16)28-24(20)25(21)30/h2-11,14-15,28H,12H2,1H3,(H,29,32,33)/t14?,15-/m0/s1. The van der Waals surface area contributed by atoms with E-state index in [1.807, 2.05) is 60.7 Å². The van der Waals surface area contributed by atoms with Crippen LogP contribution in [0.4, 0.5) is 0 Å². The molecule has 5 aromatic rings. The van der Waals surface area contributed by atoms with Gasteiger partial charge in [0, 0.05) is 45.9 Å². The molecule has 2 atom stereocenters. The number of nitrogens with one attached hydrogen (secondary N) is 2. The first-order valence-electron chi connectivity index (χ1n) is 11.2. The van der Waals surface area contributed by atoms with Gasteiger partial charge in [0.05, 0.1) is 28.2 Å². The van der Waals surface area contributed by atoms with E-state index in [1.165, 1.54) is 6.92 Å². The second-order valence-corrected chi connectivity index (χ2v) is 8.90. The first-order chi connectivity index (χ1) is 16.5. The lowest BCUT2D eigenvalue weighted by Crippen LogP contribution is -2.20. The number of carbonyl (C=O) groups excluding carboxylic acids is 3. The van der Waals surface area contributed by atoms with Gasteiger partial charge in [-0.3, -0.25) is 19.7 Å². The number of imide groups is 1. The number of hydrogen-bond donors (Lipinski definition) is 2. The van der Waals surface area contributed by atoms with E-state index in [9.17, 15) is 14.4 Å². The maximum atomic E-state index is 13.1. The minimum atomic E-state index is -0.375. The molecule has 1 aliphatic heterocycles. The Kier molecular flexibility index (Phi) is 3.69. The van der Waals surface area contributed by atoms with Gasteiger partial charge in [-0.15, -0.1) is 0 Å². The normalized spacial score (nSPS) is 19.6. The summed E-state index contributed by atoms with van der Waals surface area (Å²) in [6.45, 7) is 1.41. The highest BCUT2D eigenvalue weighted by molar-refractivity contribution is 6.39. The summed E-state index contributed by atoms with van der Waals surface area (Å²) in [5.41, 5.74) is 4.39. The molecule has 2 aromatic heterocycles. The molecule has 34 heavy (non-hydrogen) atoms. The molecule has 3 heterocycles. The Balaban J connectivity index is 1.67. The van der Waals surface area contributed by atoms with Gasteiger partial charge in [0.2, 0.25) is 0 Å². The highest BCUT2D eigenvalue weighted by atomic mass is 16.5. The predicted molar refractivity (Wildman–Crippen MR) is 129 cm³/mol. The van der Waals surface area contributed by atoms with Gasteiger partial charge >= 0.3 is 5.97 Å². The highest BCUT2D eigenvalue weighted by Crippen LogP contribution is 2.45. The van der Waals surface area contributed by atoms with E-state index in [1.54, 1.807) is 0 Å². The van der Waals surface area contributed by atoms with Crippen LogP contribution in [0.25, 0.3) is 43.6 Å². The maximum absolute atomic E-state index is 13.1. The molecule has 0 bridgehead atoms. The number of ether oxygens (including phenoxy) is 1. The molecule has 7 heteroatoms. The van der Waals surface area contributed by atoms with Crippen molar-refractivity contribution >= 4 is 61.4 Å². The van der Waals surface area contributed by atoms with Gasteiger partial charge in [0.1, 0.15) is 6.10 Å². The van der Waals surface area contributed by atoms with Gasteiger partial charge in [0.15, 0.2) is 0 Å². The third-order valence-electron chi connectivity index (χ3n) is 6.96. The summed E-state index contributed by atoms with van der Waals surface area (Å²) in [5.74, 6) is -1.06. The average Bonchev–Trinajstić information content (AvgIpc) is 3.55. The number of nitrogens with zero attached hydrogens (tertiary/aromatic N) is 1. The fourth-order valence-corrected chi connectivity index (χ4v) is 5.76. The fourth-order valence-electron chi connectivity index (χ4n) is 5.76. The van der Waals surface area contributed by atoms with Crippen molar-refractivity contribution in [1.29, 1.82) is 0 Å². The van der Waals surface area contributed by atoms with E-state index in [0.29, 0.717) is 17.5 Å². The lowest BCUT2D eigenvalue weighted by Gasteiger charge is -2.17. The van der Waals surface area contributed by atoms with E-state index >= 15 is 0 Å². The van der Waals surface area contributed by atoms with E-state index in [0.717, 1.165) is 43.6 Å². The molecule has 3 aromatic carbocycles. The highest BCUT2D eigenvalue weighted by Gasteiger charge is 2.37. The quantitative estimate of drug-likeness (QED) is 0.231. The number of H-pyrrole nitrogens is 1. The van der Waals surface area contributed by atoms with Crippen LogP contribution in [-0.2, 0) is 9.53 Å². The van der Waals surface area contributed by atoms with Crippen molar-refractivity contribution in [2.24, 2.45) is 0 Å². The third-order valence-corrected chi connectivity index (χ3v) is 6.96. The second-order valence-electron chi connectivity index (χ2n) is 8.90. The lowest BCUT2D eigenvalue weighted by molar-refractivity contribution is -0.144. The monoisotopic (exact) mass is 449 g/mol. The minimum absolute atomic E-state index is 0.0837. The second kappa shape index (κ2) is 6.57. The largest absolute Gasteiger partial charge is 0.458 e. The van der Waals surface area contributed by atoms with Crippen molar-refractivity contribution in [1.82, 2.24) is 14.9 Å². The molecular weight excluding hydrogens is 430 g/mol. The third kappa shape index (κ3) is 2.38. The Morgan fingerprint density at radius 1 is 0.941 bits per heavy atom. The molecule has 0 fully saturated rings. The van der Waals surface area contributed by atoms with Crippen molar-refractivity contribution < 1.29 is 19.1 Å². The molecule has 2 N–H and O–H groups in total. The smallest absolute Gasteiger partial charge is 0.303 e. The molecule has 2 amide bonds. The number of aromatic amines is 1. The van der Waals surface area contributed by atoms with Gasteiger partial charge in [0.25, 0.3) is 11.8 Å². The average molecular weight is 449 g/mol. The van der Waals surface area contributed by atoms with Crippen LogP contribution < -0.4 is 5.32 Å². The van der Waals surface area contributed by atoms with Crippen LogP contribution in [0.2, 0.25) is 0 Å². The number of carbonyl (C=O) groups is 3. The first kappa shape index (κ1) is 19.1. The SMILES string of the molecule is CC(=O)O[C@H]1C=CC(n2c3ccccc3c3c4c(c5c6ccccc6[nH]c5c32)C(=O)NC4=O)C1. The first-order valence-corrected chi connectivity index (χ1v) is 11.2. The number of esters is 1. The summed E-state index contributed by atoms with van der Waals surface area (Å²) in [4.78, 5) is 41.2. The van der Waals surface area contributed by atoms with Gasteiger partial charge in [-0.2, -0.15) is 0 Å². The van der Waals surface area contributed by atoms with Crippen LogP contribution in [-0.4, -0.2) is 33.4 Å². The minimum Gasteiger partial charge on any atom is -0.458 e. The lowest BCUT2D eigenvalue weighted by atomic mass is 9.96. The summed E-state index contributed by atoms with van der Waals surface area (Å²) in [6.07, 6.45) is 4.25. The summed E-state index contributed by atoms with van der Waals surface area (Å²) >= 11 is 0. The van der Waals surface area contributed by atoms with Crippen molar-refractivity contribution in [3.63, 3.8) is 0 Å². The molecule has 1 unspecified atom stereocenters. The molecule has 0 saturated heterocycles. The van der Waals surface area contributed by atoms with E-state index < -0.39 is 0 Å². The summed E-state index contributed by atoms with van der Waals surface area (Å²) < 4.78 is 7.66. The molecule has 0 saturated carbocycles. The Bertz CT molecular complexity index is 1770. The zero-order valence-electron chi connectivity index (χ0n) is 18.2. The van der Waals surface area contributed by atoms with Crippen LogP contribution in [0.5, 0.6) is 0 Å². The number of benzene rings is 3. The number of para-hydroxylation sites is 2. The number of fused-ring (bicyclic) bond motifs is 10. The number of hydrogen-bond acceptors (Lipinski definition) is 4. The van der Waals surface area contributed by atoms with Gasteiger partial charge in [-0.05, 0) is 18.2 Å². The zero-order chi connectivity index (χ0) is 23.1. The van der Waals surface area contributed by atoms with Crippen LogP contribution >= 0.6 is 0 Å². The Labute approximate surface area is 193 Å². The number of allylic oxidation sites excluding steroid dienone is 1. The topological polar surface area (TPSA) is 93.2 Å². The van der Waals surface area contributed by atoms with Crippen molar-refractivity contribution in [2.45, 2.75) is 25.5 Å².